The van der Waals surface area contributed by atoms with Crippen molar-refractivity contribution in [2.45, 2.75) is 46.5 Å². The first-order chi connectivity index (χ1) is 6.99. The third-order valence-corrected chi connectivity index (χ3v) is 2.93. The Kier molecular flexibility index (Phi) is 3.56. The van der Waals surface area contributed by atoms with E-state index in [4.69, 9.17) is 5.11 Å². The molecule has 0 amide bonds. The van der Waals surface area contributed by atoms with E-state index in [1.165, 1.54) is 0 Å². The van der Waals surface area contributed by atoms with Crippen LogP contribution in [-0.2, 0) is 11.2 Å². The van der Waals surface area contributed by atoms with Crippen LogP contribution in [0.1, 0.15) is 48.7 Å². The maximum atomic E-state index is 11.0. The molecule has 0 saturated heterocycles. The van der Waals surface area contributed by atoms with Crippen LogP contribution in [0.4, 0.5) is 0 Å². The molecule has 15 heavy (non-hydrogen) atoms. The number of aromatic amines is 1. The summed E-state index contributed by atoms with van der Waals surface area (Å²) in [6.07, 6.45) is 1.94. The van der Waals surface area contributed by atoms with Crippen LogP contribution >= 0.6 is 0 Å². The molecule has 0 spiro atoms. The number of carboxylic acid groups (broad SMARTS) is 1. The van der Waals surface area contributed by atoms with E-state index < -0.39 is 11.9 Å². The number of nitrogens with one attached hydrogen (secondary N) is 1. The highest BCUT2D eigenvalue weighted by Gasteiger charge is 2.22. The van der Waals surface area contributed by atoms with Gasteiger partial charge in [0.05, 0.1) is 5.92 Å². The van der Waals surface area contributed by atoms with E-state index in [2.05, 4.69) is 11.9 Å². The summed E-state index contributed by atoms with van der Waals surface area (Å²) in [5, 5.41) is 9.05. The van der Waals surface area contributed by atoms with Gasteiger partial charge in [-0.1, -0.05) is 13.3 Å². The number of rotatable bonds is 4. The van der Waals surface area contributed by atoms with Gasteiger partial charge in [0, 0.05) is 11.4 Å². The average Bonchev–Trinajstić information content (AvgIpc) is 2.42. The van der Waals surface area contributed by atoms with E-state index in [1.807, 2.05) is 13.8 Å². The van der Waals surface area contributed by atoms with E-state index in [-0.39, 0.29) is 0 Å². The third kappa shape index (κ3) is 2.22. The zero-order chi connectivity index (χ0) is 11.6. The lowest BCUT2D eigenvalue weighted by Crippen LogP contribution is -2.10. The molecule has 3 heteroatoms. The Labute approximate surface area is 90.5 Å². The Morgan fingerprint density at radius 3 is 2.53 bits per heavy atom. The van der Waals surface area contributed by atoms with Crippen LogP contribution in [0.15, 0.2) is 0 Å². The van der Waals surface area contributed by atoms with Gasteiger partial charge in [-0.25, -0.2) is 0 Å². The molecule has 1 atom stereocenters. The van der Waals surface area contributed by atoms with E-state index in [9.17, 15) is 4.79 Å². The molecule has 1 aromatic heterocycles. The second-order valence-electron chi connectivity index (χ2n) is 4.08. The van der Waals surface area contributed by atoms with Gasteiger partial charge in [-0.2, -0.15) is 0 Å². The van der Waals surface area contributed by atoms with E-state index >= 15 is 0 Å². The lowest BCUT2D eigenvalue weighted by atomic mass is 9.95. The van der Waals surface area contributed by atoms with Crippen molar-refractivity contribution in [1.82, 2.24) is 4.98 Å². The van der Waals surface area contributed by atoms with Gasteiger partial charge in [0.25, 0.3) is 0 Å². The summed E-state index contributed by atoms with van der Waals surface area (Å²) in [7, 11) is 0. The number of hydrogen-bond acceptors (Lipinski definition) is 1. The molecule has 1 rings (SSSR count). The predicted molar refractivity (Wildman–Crippen MR) is 60.3 cm³/mol. The van der Waals surface area contributed by atoms with Crippen LogP contribution in [-0.4, -0.2) is 16.1 Å². The molecular weight excluding hydrogens is 190 g/mol. The first-order valence-electron chi connectivity index (χ1n) is 5.39. The molecule has 1 unspecified atom stereocenters. The van der Waals surface area contributed by atoms with Gasteiger partial charge in [-0.05, 0) is 38.3 Å². The molecule has 0 fully saturated rings. The summed E-state index contributed by atoms with van der Waals surface area (Å²) in [6.45, 7) is 7.82. The Bertz CT molecular complexity index is 366. The van der Waals surface area contributed by atoms with Crippen LogP contribution in [0.3, 0.4) is 0 Å². The fourth-order valence-electron chi connectivity index (χ4n) is 1.97. The van der Waals surface area contributed by atoms with Crippen LogP contribution in [0, 0.1) is 13.8 Å². The van der Waals surface area contributed by atoms with Gasteiger partial charge in [0.2, 0.25) is 0 Å². The number of carboxylic acids is 1. The molecule has 0 aliphatic heterocycles. The predicted octanol–water partition coefficient (Wildman–Crippen LogP) is 2.77. The second kappa shape index (κ2) is 4.51. The summed E-state index contributed by atoms with van der Waals surface area (Å²) in [6, 6.07) is 0. The minimum absolute atomic E-state index is 0.420. The molecule has 1 heterocycles. The Balaban J connectivity index is 3.18. The van der Waals surface area contributed by atoms with Crippen molar-refractivity contribution < 1.29 is 9.90 Å². The number of carbonyl (C=O) groups is 1. The monoisotopic (exact) mass is 209 g/mol. The zero-order valence-corrected chi connectivity index (χ0v) is 9.85. The summed E-state index contributed by atoms with van der Waals surface area (Å²) in [4.78, 5) is 14.3. The number of aryl methyl sites for hydroxylation is 2. The maximum absolute atomic E-state index is 11.0. The normalized spacial score (nSPS) is 12.8. The molecule has 0 bridgehead atoms. The van der Waals surface area contributed by atoms with Crippen LogP contribution in [0.2, 0.25) is 0 Å². The molecule has 2 N–H and O–H groups in total. The number of aromatic nitrogens is 1. The SMILES string of the molecule is CCCc1[nH]c(C)c(C)c1C(C)C(=O)O. The van der Waals surface area contributed by atoms with Gasteiger partial charge in [-0.15, -0.1) is 0 Å². The number of aliphatic carboxylic acids is 1. The quantitative estimate of drug-likeness (QED) is 0.801. The van der Waals surface area contributed by atoms with Crippen molar-refractivity contribution in [3.05, 3.63) is 22.5 Å². The molecule has 0 saturated carbocycles. The van der Waals surface area contributed by atoms with Gasteiger partial charge in [0.15, 0.2) is 0 Å². The molecule has 3 nitrogen and oxygen atoms in total. The largest absolute Gasteiger partial charge is 0.481 e. The Morgan fingerprint density at radius 1 is 1.47 bits per heavy atom. The van der Waals surface area contributed by atoms with Crippen molar-refractivity contribution in [3.8, 4) is 0 Å². The van der Waals surface area contributed by atoms with Gasteiger partial charge in [0.1, 0.15) is 0 Å². The van der Waals surface area contributed by atoms with Gasteiger partial charge in [-0.3, -0.25) is 4.79 Å². The molecule has 0 aliphatic rings. The summed E-state index contributed by atoms with van der Waals surface area (Å²) >= 11 is 0. The standard InChI is InChI=1S/C12H19NO2/c1-5-6-10-11(8(3)12(14)15)7(2)9(4)13-10/h8,13H,5-6H2,1-4H3,(H,14,15). The number of hydrogen-bond donors (Lipinski definition) is 2. The molecule has 84 valence electrons. The van der Waals surface area contributed by atoms with E-state index in [0.29, 0.717) is 0 Å². The van der Waals surface area contributed by atoms with E-state index in [0.717, 1.165) is 35.4 Å². The van der Waals surface area contributed by atoms with Crippen LogP contribution in [0.5, 0.6) is 0 Å². The smallest absolute Gasteiger partial charge is 0.310 e. The lowest BCUT2D eigenvalue weighted by Gasteiger charge is -2.09. The average molecular weight is 209 g/mol. The van der Waals surface area contributed by atoms with Crippen LogP contribution < -0.4 is 0 Å². The highest BCUT2D eigenvalue weighted by atomic mass is 16.4. The van der Waals surface area contributed by atoms with Gasteiger partial charge < -0.3 is 10.1 Å². The second-order valence-corrected chi connectivity index (χ2v) is 4.08. The summed E-state index contributed by atoms with van der Waals surface area (Å²) < 4.78 is 0. The minimum atomic E-state index is -0.755. The molecular formula is C12H19NO2. The van der Waals surface area contributed by atoms with Crippen molar-refractivity contribution in [3.63, 3.8) is 0 Å². The van der Waals surface area contributed by atoms with Crippen molar-refractivity contribution in [2.24, 2.45) is 0 Å². The maximum Gasteiger partial charge on any atom is 0.310 e. The minimum Gasteiger partial charge on any atom is -0.481 e. The zero-order valence-electron chi connectivity index (χ0n) is 9.85. The first kappa shape index (κ1) is 11.8. The third-order valence-electron chi connectivity index (χ3n) is 2.93. The highest BCUT2D eigenvalue weighted by Crippen LogP contribution is 2.27. The van der Waals surface area contributed by atoms with Crippen LogP contribution in [0.25, 0.3) is 0 Å². The molecule has 0 aliphatic carbocycles. The van der Waals surface area contributed by atoms with E-state index in [1.54, 1.807) is 6.92 Å². The number of H-pyrrole nitrogens is 1. The topological polar surface area (TPSA) is 53.1 Å². The van der Waals surface area contributed by atoms with Crippen molar-refractivity contribution >= 4 is 5.97 Å². The fraction of sp³-hybridized carbons (Fsp3) is 0.583. The Hall–Kier alpha value is -1.25. The first-order valence-corrected chi connectivity index (χ1v) is 5.39. The molecule has 0 radical (unpaired) electrons. The van der Waals surface area contributed by atoms with Crippen molar-refractivity contribution in [2.75, 3.05) is 0 Å². The van der Waals surface area contributed by atoms with Gasteiger partial charge >= 0.3 is 5.97 Å². The Morgan fingerprint density at radius 2 is 2.07 bits per heavy atom. The molecule has 1 aromatic rings. The summed E-state index contributed by atoms with van der Waals surface area (Å²) in [5.74, 6) is -1.18. The molecule has 0 aromatic carbocycles. The lowest BCUT2D eigenvalue weighted by molar-refractivity contribution is -0.138. The van der Waals surface area contributed by atoms with Crippen molar-refractivity contribution in [1.29, 1.82) is 0 Å². The fourth-order valence-corrected chi connectivity index (χ4v) is 1.97. The highest BCUT2D eigenvalue weighted by molar-refractivity contribution is 5.76. The summed E-state index contributed by atoms with van der Waals surface area (Å²) in [5.41, 5.74) is 4.24.